The molecule has 0 bridgehead atoms. The molecule has 0 aromatic heterocycles. The van der Waals surface area contributed by atoms with Gasteiger partial charge in [0, 0.05) is 6.61 Å². The van der Waals surface area contributed by atoms with Crippen molar-refractivity contribution in [1.82, 2.24) is 0 Å². The van der Waals surface area contributed by atoms with Crippen LogP contribution in [0.1, 0.15) is 62.6 Å². The molecule has 1 atom stereocenters. The first kappa shape index (κ1) is 13.6. The highest BCUT2D eigenvalue weighted by molar-refractivity contribution is 5.37. The van der Waals surface area contributed by atoms with Gasteiger partial charge >= 0.3 is 0 Å². The lowest BCUT2D eigenvalue weighted by Gasteiger charge is -2.24. The summed E-state index contributed by atoms with van der Waals surface area (Å²) in [5.41, 5.74) is 4.47. The number of benzene rings is 1. The van der Waals surface area contributed by atoms with Crippen LogP contribution in [0.25, 0.3) is 0 Å². The van der Waals surface area contributed by atoms with Crippen molar-refractivity contribution in [3.05, 3.63) is 34.9 Å². The summed E-state index contributed by atoms with van der Waals surface area (Å²) in [6, 6.07) is 6.89. The van der Waals surface area contributed by atoms with E-state index in [0.717, 1.165) is 12.3 Å². The standard InChI is InChI=1S/C17H26O/c1-12-5-8-14(17(2,3)4)11-16(12)15(9-10-18)13-6-7-13/h5,8,11,13,15,18H,6-7,9-10H2,1-4H3. The van der Waals surface area contributed by atoms with Gasteiger partial charge in [-0.15, -0.1) is 0 Å². The fraction of sp³-hybridized carbons (Fsp3) is 0.647. The Hall–Kier alpha value is -0.820. The average molecular weight is 246 g/mol. The van der Waals surface area contributed by atoms with Crippen LogP contribution in [0.2, 0.25) is 0 Å². The summed E-state index contributed by atoms with van der Waals surface area (Å²) >= 11 is 0. The third kappa shape index (κ3) is 2.95. The minimum atomic E-state index is 0.204. The van der Waals surface area contributed by atoms with Crippen LogP contribution in [0.15, 0.2) is 18.2 Å². The number of rotatable bonds is 4. The van der Waals surface area contributed by atoms with E-state index in [1.54, 1.807) is 0 Å². The van der Waals surface area contributed by atoms with Crippen LogP contribution in [-0.2, 0) is 5.41 Å². The van der Waals surface area contributed by atoms with Crippen molar-refractivity contribution in [1.29, 1.82) is 0 Å². The van der Waals surface area contributed by atoms with Gasteiger partial charge in [-0.2, -0.15) is 0 Å². The lowest BCUT2D eigenvalue weighted by Crippen LogP contribution is -2.13. The minimum absolute atomic E-state index is 0.204. The fourth-order valence-electron chi connectivity index (χ4n) is 2.79. The molecule has 2 rings (SSSR count). The van der Waals surface area contributed by atoms with Crippen molar-refractivity contribution in [3.8, 4) is 0 Å². The van der Waals surface area contributed by atoms with Gasteiger partial charge in [0.05, 0.1) is 0 Å². The van der Waals surface area contributed by atoms with E-state index in [1.807, 2.05) is 0 Å². The molecule has 1 fully saturated rings. The van der Waals surface area contributed by atoms with Crippen molar-refractivity contribution in [2.75, 3.05) is 6.61 Å². The van der Waals surface area contributed by atoms with E-state index in [0.29, 0.717) is 12.5 Å². The second-order valence-electron chi connectivity index (χ2n) is 6.78. The van der Waals surface area contributed by atoms with E-state index in [-0.39, 0.29) is 5.41 Å². The van der Waals surface area contributed by atoms with Gasteiger partial charge in [-0.3, -0.25) is 0 Å². The van der Waals surface area contributed by atoms with E-state index in [9.17, 15) is 5.11 Å². The molecule has 0 aliphatic heterocycles. The molecule has 1 aliphatic carbocycles. The van der Waals surface area contributed by atoms with E-state index in [1.165, 1.54) is 29.5 Å². The van der Waals surface area contributed by atoms with Gasteiger partial charge in [-0.1, -0.05) is 39.0 Å². The van der Waals surface area contributed by atoms with Gasteiger partial charge < -0.3 is 5.11 Å². The zero-order valence-corrected chi connectivity index (χ0v) is 12.2. The Morgan fingerprint density at radius 2 is 1.94 bits per heavy atom. The third-order valence-electron chi connectivity index (χ3n) is 4.18. The molecule has 1 aliphatic rings. The van der Waals surface area contributed by atoms with Gasteiger partial charge in [0.15, 0.2) is 0 Å². The van der Waals surface area contributed by atoms with Crippen LogP contribution in [-0.4, -0.2) is 11.7 Å². The third-order valence-corrected chi connectivity index (χ3v) is 4.18. The Balaban J connectivity index is 2.35. The Morgan fingerprint density at radius 1 is 1.28 bits per heavy atom. The van der Waals surface area contributed by atoms with Gasteiger partial charge in [0.25, 0.3) is 0 Å². The maximum absolute atomic E-state index is 9.29. The van der Waals surface area contributed by atoms with E-state index >= 15 is 0 Å². The second kappa shape index (κ2) is 5.05. The highest BCUT2D eigenvalue weighted by atomic mass is 16.3. The van der Waals surface area contributed by atoms with Crippen LogP contribution in [0.4, 0.5) is 0 Å². The topological polar surface area (TPSA) is 20.2 Å². The van der Waals surface area contributed by atoms with E-state index in [4.69, 9.17) is 0 Å². The van der Waals surface area contributed by atoms with Crippen LogP contribution in [0.3, 0.4) is 0 Å². The molecule has 18 heavy (non-hydrogen) atoms. The van der Waals surface area contributed by atoms with Gasteiger partial charge in [0.2, 0.25) is 0 Å². The maximum Gasteiger partial charge on any atom is 0.0436 e. The predicted octanol–water partition coefficient (Wildman–Crippen LogP) is 4.17. The Morgan fingerprint density at radius 3 is 2.44 bits per heavy atom. The first-order valence-electron chi connectivity index (χ1n) is 7.15. The molecule has 0 amide bonds. The van der Waals surface area contributed by atoms with E-state index < -0.39 is 0 Å². The number of aliphatic hydroxyl groups is 1. The zero-order chi connectivity index (χ0) is 13.3. The lowest BCUT2D eigenvalue weighted by molar-refractivity contribution is 0.269. The monoisotopic (exact) mass is 246 g/mol. The Bertz CT molecular complexity index is 410. The summed E-state index contributed by atoms with van der Waals surface area (Å²) in [4.78, 5) is 0. The molecule has 1 aromatic carbocycles. The van der Waals surface area contributed by atoms with E-state index in [2.05, 4.69) is 45.9 Å². The minimum Gasteiger partial charge on any atom is -0.396 e. The van der Waals surface area contributed by atoms with Crippen LogP contribution < -0.4 is 0 Å². The maximum atomic E-state index is 9.29. The summed E-state index contributed by atoms with van der Waals surface area (Å²) in [5.74, 6) is 1.38. The Kier molecular flexibility index (Phi) is 3.82. The molecule has 0 spiro atoms. The van der Waals surface area contributed by atoms with Crippen LogP contribution in [0.5, 0.6) is 0 Å². The average Bonchev–Trinajstić information content (AvgIpc) is 3.09. The van der Waals surface area contributed by atoms with Gasteiger partial charge in [0.1, 0.15) is 0 Å². The first-order chi connectivity index (χ1) is 8.43. The molecule has 0 saturated heterocycles. The molecule has 1 nitrogen and oxygen atoms in total. The molecular weight excluding hydrogens is 220 g/mol. The summed E-state index contributed by atoms with van der Waals surface area (Å²) < 4.78 is 0. The van der Waals surface area contributed by atoms with Crippen molar-refractivity contribution in [3.63, 3.8) is 0 Å². The fourth-order valence-corrected chi connectivity index (χ4v) is 2.79. The highest BCUT2D eigenvalue weighted by Crippen LogP contribution is 2.45. The van der Waals surface area contributed by atoms with Gasteiger partial charge in [-0.05, 0) is 60.1 Å². The summed E-state index contributed by atoms with van der Waals surface area (Å²) in [6.07, 6.45) is 3.59. The summed E-state index contributed by atoms with van der Waals surface area (Å²) in [5, 5.41) is 9.29. The summed E-state index contributed by atoms with van der Waals surface area (Å²) in [7, 11) is 0. The molecule has 1 aromatic rings. The largest absolute Gasteiger partial charge is 0.396 e. The second-order valence-corrected chi connectivity index (χ2v) is 6.78. The molecule has 1 saturated carbocycles. The molecular formula is C17H26O. The number of hydrogen-bond donors (Lipinski definition) is 1. The summed E-state index contributed by atoms with van der Waals surface area (Å²) in [6.45, 7) is 9.30. The number of aryl methyl sites for hydroxylation is 1. The first-order valence-corrected chi connectivity index (χ1v) is 7.15. The molecule has 1 unspecified atom stereocenters. The van der Waals surface area contributed by atoms with Crippen LogP contribution >= 0.6 is 0 Å². The zero-order valence-electron chi connectivity index (χ0n) is 12.2. The van der Waals surface area contributed by atoms with Gasteiger partial charge in [-0.25, -0.2) is 0 Å². The lowest BCUT2D eigenvalue weighted by atomic mass is 9.81. The van der Waals surface area contributed by atoms with Crippen molar-refractivity contribution < 1.29 is 5.11 Å². The predicted molar refractivity (Wildman–Crippen MR) is 77.0 cm³/mol. The molecule has 0 radical (unpaired) electrons. The Labute approximate surface area is 111 Å². The van der Waals surface area contributed by atoms with Crippen molar-refractivity contribution >= 4 is 0 Å². The highest BCUT2D eigenvalue weighted by Gasteiger charge is 2.33. The quantitative estimate of drug-likeness (QED) is 0.845. The van der Waals surface area contributed by atoms with Crippen molar-refractivity contribution in [2.24, 2.45) is 5.92 Å². The molecule has 1 N–H and O–H groups in total. The molecule has 100 valence electrons. The number of aliphatic hydroxyl groups excluding tert-OH is 1. The smallest absolute Gasteiger partial charge is 0.0436 e. The SMILES string of the molecule is Cc1ccc(C(C)(C)C)cc1C(CCO)C1CC1. The molecule has 0 heterocycles. The normalized spacial score (nSPS) is 17.8. The van der Waals surface area contributed by atoms with Crippen LogP contribution in [0, 0.1) is 12.8 Å². The van der Waals surface area contributed by atoms with Crippen molar-refractivity contribution in [2.45, 2.75) is 58.3 Å². The molecule has 1 heteroatoms. The number of hydrogen-bond acceptors (Lipinski definition) is 1.